The van der Waals surface area contributed by atoms with E-state index in [0.717, 1.165) is 23.3 Å². The summed E-state index contributed by atoms with van der Waals surface area (Å²) in [6.07, 6.45) is 1.55. The van der Waals surface area contributed by atoms with E-state index in [1.807, 2.05) is 13.0 Å². The second-order valence-corrected chi connectivity index (χ2v) is 20.6. The molecule has 0 fully saturated rings. The van der Waals surface area contributed by atoms with Crippen molar-refractivity contribution in [2.75, 3.05) is 0 Å². The fourth-order valence-electron chi connectivity index (χ4n) is 2.55. The minimum atomic E-state index is -2.23. The van der Waals surface area contributed by atoms with Crippen molar-refractivity contribution in [1.82, 2.24) is 0 Å². The number of hydrogen-bond donors (Lipinski definition) is 1. The van der Waals surface area contributed by atoms with E-state index in [2.05, 4.69) is 74.7 Å². The number of benzene rings is 1. The van der Waals surface area contributed by atoms with Crippen LogP contribution < -0.4 is 8.85 Å². The van der Waals surface area contributed by atoms with Crippen molar-refractivity contribution in [3.8, 4) is 11.5 Å². The van der Waals surface area contributed by atoms with Crippen LogP contribution in [-0.2, 0) is 6.42 Å². The number of aryl methyl sites for hydroxylation is 1. The summed E-state index contributed by atoms with van der Waals surface area (Å²) in [6, 6.07) is 1.95. The van der Waals surface area contributed by atoms with Crippen molar-refractivity contribution >= 4 is 22.6 Å². The highest BCUT2D eigenvalue weighted by atomic mass is 28.4. The van der Waals surface area contributed by atoms with Crippen molar-refractivity contribution in [3.05, 3.63) is 22.8 Å². The lowest BCUT2D eigenvalue weighted by Crippen LogP contribution is -2.45. The highest BCUT2D eigenvalue weighted by Crippen LogP contribution is 2.45. The predicted molar refractivity (Wildman–Crippen MR) is 128 cm³/mol. The van der Waals surface area contributed by atoms with E-state index in [4.69, 9.17) is 8.85 Å². The van der Waals surface area contributed by atoms with Crippen molar-refractivity contribution in [3.63, 3.8) is 0 Å². The Morgan fingerprint density at radius 1 is 0.966 bits per heavy atom. The molecular formula is C23H42O4Si2. The summed E-state index contributed by atoms with van der Waals surface area (Å²) < 4.78 is 13.3. The van der Waals surface area contributed by atoms with Gasteiger partial charge < -0.3 is 14.0 Å². The topological polar surface area (TPSA) is 55.8 Å². The molecule has 0 spiro atoms. The number of hydrogen-bond acceptors (Lipinski definition) is 3. The monoisotopic (exact) mass is 438 g/mol. The van der Waals surface area contributed by atoms with Gasteiger partial charge in [0.05, 0.1) is 0 Å². The molecule has 166 valence electrons. The molecule has 0 radical (unpaired) electrons. The van der Waals surface area contributed by atoms with Crippen LogP contribution >= 0.6 is 0 Å². The number of carboxylic acid groups (broad SMARTS) is 1. The molecule has 1 N–H and O–H groups in total. The zero-order valence-corrected chi connectivity index (χ0v) is 22.7. The lowest BCUT2D eigenvalue weighted by atomic mass is 9.98. The van der Waals surface area contributed by atoms with Crippen molar-refractivity contribution in [2.45, 2.75) is 104 Å². The molecular weight excluding hydrogens is 396 g/mol. The van der Waals surface area contributed by atoms with Gasteiger partial charge in [-0.2, -0.15) is 0 Å². The van der Waals surface area contributed by atoms with Crippen LogP contribution in [0.2, 0.25) is 36.3 Å². The molecule has 6 heteroatoms. The molecule has 1 aromatic rings. The molecule has 0 amide bonds. The lowest BCUT2D eigenvalue weighted by Gasteiger charge is -2.39. The Kier molecular flexibility index (Phi) is 7.51. The summed E-state index contributed by atoms with van der Waals surface area (Å²) in [5, 5.41) is 10.1. The first kappa shape index (κ1) is 25.8. The van der Waals surface area contributed by atoms with E-state index < -0.39 is 22.6 Å². The maximum Gasteiger partial charge on any atom is 0.339 e. The zero-order valence-electron chi connectivity index (χ0n) is 20.7. The Balaban J connectivity index is 3.75. The Bertz CT molecular complexity index is 754. The van der Waals surface area contributed by atoms with Gasteiger partial charge in [0.2, 0.25) is 8.32 Å². The van der Waals surface area contributed by atoms with Crippen LogP contribution in [0.4, 0.5) is 0 Å². The summed E-state index contributed by atoms with van der Waals surface area (Å²) in [4.78, 5) is 12.3. The quantitative estimate of drug-likeness (QED) is 0.450. The van der Waals surface area contributed by atoms with Gasteiger partial charge in [0.15, 0.2) is 0 Å². The zero-order chi connectivity index (χ0) is 23.0. The molecule has 0 unspecified atom stereocenters. The average Bonchev–Trinajstić information content (AvgIpc) is 2.49. The minimum Gasteiger partial charge on any atom is -0.543 e. The molecule has 0 aromatic heterocycles. The van der Waals surface area contributed by atoms with Gasteiger partial charge >= 0.3 is 5.97 Å². The van der Waals surface area contributed by atoms with Crippen molar-refractivity contribution in [2.24, 2.45) is 0 Å². The van der Waals surface area contributed by atoms with Crippen LogP contribution in [0.25, 0.3) is 0 Å². The summed E-state index contributed by atoms with van der Waals surface area (Å²) in [6.45, 7) is 25.9. The molecule has 29 heavy (non-hydrogen) atoms. The summed E-state index contributed by atoms with van der Waals surface area (Å²) >= 11 is 0. The van der Waals surface area contributed by atoms with Crippen LogP contribution in [0.1, 0.15) is 76.4 Å². The molecule has 1 rings (SSSR count). The second-order valence-electron chi connectivity index (χ2n) is 11.1. The van der Waals surface area contributed by atoms with Crippen LogP contribution in [0.3, 0.4) is 0 Å². The maximum absolute atomic E-state index is 12.3. The van der Waals surface area contributed by atoms with Gasteiger partial charge in [0.25, 0.3) is 8.32 Å². The van der Waals surface area contributed by atoms with Gasteiger partial charge in [-0.05, 0) is 61.2 Å². The fraction of sp³-hybridized carbons (Fsp3) is 0.696. The van der Waals surface area contributed by atoms with Crippen molar-refractivity contribution < 1.29 is 18.8 Å². The molecule has 0 heterocycles. The molecule has 1 aromatic carbocycles. The molecule has 0 saturated carbocycles. The van der Waals surface area contributed by atoms with Gasteiger partial charge in [-0.15, -0.1) is 0 Å². The first-order valence-corrected chi connectivity index (χ1v) is 16.4. The Morgan fingerprint density at radius 3 is 1.79 bits per heavy atom. The first-order valence-electron chi connectivity index (χ1n) is 10.6. The van der Waals surface area contributed by atoms with E-state index in [-0.39, 0.29) is 10.1 Å². The molecule has 0 aliphatic rings. The fourth-order valence-corrected chi connectivity index (χ4v) is 4.69. The van der Waals surface area contributed by atoms with E-state index in [0.29, 0.717) is 17.7 Å². The number of carbonyl (C=O) groups is 1. The van der Waals surface area contributed by atoms with Gasteiger partial charge in [-0.1, -0.05) is 54.9 Å². The number of rotatable bonds is 7. The lowest BCUT2D eigenvalue weighted by molar-refractivity contribution is 0.0693. The van der Waals surface area contributed by atoms with Gasteiger partial charge in [-0.3, -0.25) is 0 Å². The number of carboxylic acids is 1. The SMILES string of the molecule is CCCc1cc(O[Si](C)(C)C(C)(C)C)c(C)c(O[Si](C)(C)C(C)(C)C)c1C(=O)O. The summed E-state index contributed by atoms with van der Waals surface area (Å²) in [7, 11) is -4.30. The van der Waals surface area contributed by atoms with E-state index in [9.17, 15) is 9.90 Å². The highest BCUT2D eigenvalue weighted by molar-refractivity contribution is 6.75. The molecule has 0 aliphatic heterocycles. The smallest absolute Gasteiger partial charge is 0.339 e. The minimum absolute atomic E-state index is 0.0313. The predicted octanol–water partition coefficient (Wildman–Crippen LogP) is 7.41. The second kappa shape index (κ2) is 8.46. The van der Waals surface area contributed by atoms with E-state index in [1.165, 1.54) is 0 Å². The first-order chi connectivity index (χ1) is 12.9. The molecule has 0 atom stereocenters. The Morgan fingerprint density at radius 2 is 1.41 bits per heavy atom. The van der Waals surface area contributed by atoms with Crippen molar-refractivity contribution in [1.29, 1.82) is 0 Å². The third kappa shape index (κ3) is 5.66. The molecule has 0 aliphatic carbocycles. The third-order valence-electron chi connectivity index (χ3n) is 6.63. The highest BCUT2D eigenvalue weighted by Gasteiger charge is 2.42. The maximum atomic E-state index is 12.3. The summed E-state index contributed by atoms with van der Waals surface area (Å²) in [5.74, 6) is 0.353. The largest absolute Gasteiger partial charge is 0.543 e. The van der Waals surface area contributed by atoms with E-state index in [1.54, 1.807) is 0 Å². The van der Waals surface area contributed by atoms with Crippen LogP contribution in [0, 0.1) is 6.92 Å². The van der Waals surface area contributed by atoms with Crippen LogP contribution in [0.5, 0.6) is 11.5 Å². The van der Waals surface area contributed by atoms with Gasteiger partial charge in [0.1, 0.15) is 17.1 Å². The van der Waals surface area contributed by atoms with Gasteiger partial charge in [-0.25, -0.2) is 4.79 Å². The Labute approximate surface area is 180 Å². The molecule has 0 saturated heterocycles. The van der Waals surface area contributed by atoms with Crippen LogP contribution in [-0.4, -0.2) is 27.7 Å². The summed E-state index contributed by atoms with van der Waals surface area (Å²) in [5.41, 5.74) is 1.90. The average molecular weight is 439 g/mol. The Hall–Kier alpha value is -1.28. The normalized spacial score (nSPS) is 13.4. The van der Waals surface area contributed by atoms with E-state index >= 15 is 0 Å². The molecule has 4 nitrogen and oxygen atoms in total. The van der Waals surface area contributed by atoms with Gasteiger partial charge in [0, 0.05) is 5.56 Å². The number of aromatic carboxylic acids is 1. The standard InChI is InChI=1S/C23H42O4Si2/c1-13-14-17-15-18(26-28(9,10)22(3,4)5)16(2)20(19(17)21(24)25)27-29(11,12)23(6,7)8/h15H,13-14H2,1-12H3,(H,24,25). The third-order valence-corrected chi connectivity index (χ3v) is 15.3. The van der Waals surface area contributed by atoms with Crippen LogP contribution in [0.15, 0.2) is 6.07 Å². The molecule has 0 bridgehead atoms.